The molecule has 1 rings (SSSR count). The van der Waals surface area contributed by atoms with Gasteiger partial charge in [-0.05, 0) is 50.7 Å². The average Bonchev–Trinajstić information content (AvgIpc) is 2.10. The van der Waals surface area contributed by atoms with Crippen molar-refractivity contribution in [1.29, 1.82) is 5.26 Å². The highest BCUT2D eigenvalue weighted by Gasteiger charge is 2.19. The summed E-state index contributed by atoms with van der Waals surface area (Å²) in [5, 5.41) is 8.47. The molecule has 0 atom stereocenters. The number of aromatic nitrogens is 1. The van der Waals surface area contributed by atoms with E-state index in [2.05, 4.69) is 4.98 Å². The molecule has 0 fully saturated rings. The summed E-state index contributed by atoms with van der Waals surface area (Å²) in [5.74, 6) is 0. The quantitative estimate of drug-likeness (QED) is 0.544. The van der Waals surface area contributed by atoms with Crippen molar-refractivity contribution < 1.29 is 8.78 Å². The third kappa shape index (κ3) is 2.50. The lowest BCUT2D eigenvalue weighted by molar-refractivity contribution is 0.148. The number of alkyl halides is 2. The second kappa shape index (κ2) is 5.16. The highest BCUT2D eigenvalue weighted by Crippen LogP contribution is 2.29. The first kappa shape index (κ1) is 12.0. The maximum Gasteiger partial charge on any atom is 0.267 e. The van der Waals surface area contributed by atoms with Gasteiger partial charge in [0.05, 0.1) is 18.1 Å². The highest BCUT2D eigenvalue weighted by atomic mass is 127. The van der Waals surface area contributed by atoms with Crippen LogP contribution in [0.15, 0.2) is 6.20 Å². The van der Waals surface area contributed by atoms with E-state index in [0.717, 1.165) is 0 Å². The van der Waals surface area contributed by atoms with Crippen molar-refractivity contribution in [3.05, 3.63) is 24.6 Å². The van der Waals surface area contributed by atoms with Crippen LogP contribution in [-0.2, 0) is 6.42 Å². The van der Waals surface area contributed by atoms with Gasteiger partial charge in [0.15, 0.2) is 0 Å². The molecule has 1 aromatic rings. The summed E-state index contributed by atoms with van der Waals surface area (Å²) < 4.78 is 25.9. The average molecular weight is 420 g/mol. The van der Waals surface area contributed by atoms with Crippen molar-refractivity contribution >= 4 is 45.2 Å². The second-order valence-corrected chi connectivity index (χ2v) is 4.54. The van der Waals surface area contributed by atoms with Gasteiger partial charge in [-0.15, -0.1) is 0 Å². The lowest BCUT2D eigenvalue weighted by atomic mass is 10.2. The number of hydrogen-bond acceptors (Lipinski definition) is 2. The van der Waals surface area contributed by atoms with Gasteiger partial charge in [-0.2, -0.15) is 5.26 Å². The fraction of sp³-hybridized carbons (Fsp3) is 0.250. The van der Waals surface area contributed by atoms with E-state index < -0.39 is 6.43 Å². The predicted octanol–water partition coefficient (Wildman–Crippen LogP) is 3.29. The summed E-state index contributed by atoms with van der Waals surface area (Å²) in [4.78, 5) is 3.83. The SMILES string of the molecule is N#CCc1cnc(I)c(C(F)F)c1I. The third-order valence-corrected chi connectivity index (χ3v) is 3.70. The molecule has 0 aliphatic rings. The van der Waals surface area contributed by atoms with Crippen LogP contribution in [0.4, 0.5) is 8.78 Å². The molecular weight excluding hydrogens is 416 g/mol. The molecule has 0 saturated carbocycles. The predicted molar refractivity (Wildman–Crippen MR) is 63.9 cm³/mol. The molecule has 2 nitrogen and oxygen atoms in total. The molecule has 0 amide bonds. The Morgan fingerprint density at radius 1 is 1.50 bits per heavy atom. The molecule has 0 unspecified atom stereocenters. The van der Waals surface area contributed by atoms with Crippen LogP contribution in [0.3, 0.4) is 0 Å². The van der Waals surface area contributed by atoms with Crippen LogP contribution in [0.2, 0.25) is 0 Å². The first-order chi connectivity index (χ1) is 6.57. The van der Waals surface area contributed by atoms with Crippen LogP contribution in [0.5, 0.6) is 0 Å². The van der Waals surface area contributed by atoms with E-state index in [1.165, 1.54) is 6.20 Å². The van der Waals surface area contributed by atoms with E-state index in [0.29, 0.717) is 12.8 Å². The van der Waals surface area contributed by atoms with Crippen LogP contribution >= 0.6 is 45.2 Å². The number of nitriles is 1. The van der Waals surface area contributed by atoms with Crippen molar-refractivity contribution in [2.45, 2.75) is 12.8 Å². The van der Waals surface area contributed by atoms with Gasteiger partial charge in [0, 0.05) is 9.77 Å². The van der Waals surface area contributed by atoms with Gasteiger partial charge in [0.25, 0.3) is 6.43 Å². The van der Waals surface area contributed by atoms with Gasteiger partial charge in [-0.25, -0.2) is 13.8 Å². The molecule has 0 N–H and O–H groups in total. The van der Waals surface area contributed by atoms with Crippen LogP contribution < -0.4 is 0 Å². The Kier molecular flexibility index (Phi) is 4.43. The van der Waals surface area contributed by atoms with Crippen LogP contribution in [-0.4, -0.2) is 4.98 Å². The third-order valence-electron chi connectivity index (χ3n) is 1.56. The second-order valence-electron chi connectivity index (χ2n) is 2.44. The number of nitrogens with zero attached hydrogens (tertiary/aromatic N) is 2. The zero-order chi connectivity index (χ0) is 10.7. The summed E-state index contributed by atoms with van der Waals surface area (Å²) in [5.41, 5.74) is 0.489. The van der Waals surface area contributed by atoms with Crippen molar-refractivity contribution in [3.63, 3.8) is 0 Å². The highest BCUT2D eigenvalue weighted by molar-refractivity contribution is 14.1. The Morgan fingerprint density at radius 3 is 2.64 bits per heavy atom. The summed E-state index contributed by atoms with van der Waals surface area (Å²) in [6.07, 6.45) is -0.958. The number of halogens is 4. The standard InChI is InChI=1S/C8H4F2I2N2/c9-7(10)5-6(11)4(1-2-13)3-14-8(5)12/h3,7H,1H2. The van der Waals surface area contributed by atoms with E-state index in [4.69, 9.17) is 5.26 Å². The Morgan fingerprint density at radius 2 is 2.14 bits per heavy atom. The van der Waals surface area contributed by atoms with Crippen LogP contribution in [0, 0.1) is 18.6 Å². The minimum Gasteiger partial charge on any atom is -0.249 e. The Hall–Kier alpha value is -0.0400. The molecule has 74 valence electrons. The Bertz CT molecular complexity index is 388. The van der Waals surface area contributed by atoms with Crippen molar-refractivity contribution in [1.82, 2.24) is 4.98 Å². The van der Waals surface area contributed by atoms with E-state index in [-0.39, 0.29) is 12.0 Å². The molecule has 0 radical (unpaired) electrons. The van der Waals surface area contributed by atoms with E-state index in [9.17, 15) is 8.78 Å². The van der Waals surface area contributed by atoms with Gasteiger partial charge < -0.3 is 0 Å². The molecule has 1 aromatic heterocycles. The van der Waals surface area contributed by atoms with Gasteiger partial charge in [0.2, 0.25) is 0 Å². The molecule has 0 aromatic carbocycles. The molecule has 6 heteroatoms. The van der Waals surface area contributed by atoms with E-state index in [1.807, 2.05) is 28.7 Å². The fourth-order valence-corrected chi connectivity index (χ4v) is 2.90. The number of hydrogen-bond donors (Lipinski definition) is 0. The molecule has 0 bridgehead atoms. The summed E-state index contributed by atoms with van der Waals surface area (Å²) in [6, 6.07) is 1.92. The topological polar surface area (TPSA) is 36.7 Å². The maximum absolute atomic E-state index is 12.6. The summed E-state index contributed by atoms with van der Waals surface area (Å²) >= 11 is 3.60. The first-order valence-corrected chi connectivity index (χ1v) is 5.71. The normalized spacial score (nSPS) is 10.3. The summed E-state index contributed by atoms with van der Waals surface area (Å²) in [6.45, 7) is 0. The number of rotatable bonds is 2. The van der Waals surface area contributed by atoms with Gasteiger partial charge in [-0.1, -0.05) is 0 Å². The molecule has 0 aliphatic heterocycles. The molecule has 14 heavy (non-hydrogen) atoms. The number of pyridine rings is 1. The van der Waals surface area contributed by atoms with E-state index in [1.54, 1.807) is 22.6 Å². The largest absolute Gasteiger partial charge is 0.267 e. The first-order valence-electron chi connectivity index (χ1n) is 3.55. The Labute approximate surface area is 107 Å². The molecule has 0 aliphatic carbocycles. The zero-order valence-corrected chi connectivity index (χ0v) is 11.1. The smallest absolute Gasteiger partial charge is 0.249 e. The van der Waals surface area contributed by atoms with Gasteiger partial charge in [-0.3, -0.25) is 0 Å². The van der Waals surface area contributed by atoms with Crippen LogP contribution in [0.25, 0.3) is 0 Å². The minimum absolute atomic E-state index is 0.0704. The lowest BCUT2D eigenvalue weighted by Crippen LogP contribution is -2.01. The van der Waals surface area contributed by atoms with Crippen molar-refractivity contribution in [2.75, 3.05) is 0 Å². The molecule has 0 saturated heterocycles. The monoisotopic (exact) mass is 420 g/mol. The van der Waals surface area contributed by atoms with Crippen molar-refractivity contribution in [2.24, 2.45) is 0 Å². The van der Waals surface area contributed by atoms with Gasteiger partial charge >= 0.3 is 0 Å². The molecule has 0 spiro atoms. The molecular formula is C8H4F2I2N2. The lowest BCUT2D eigenvalue weighted by Gasteiger charge is -2.08. The van der Waals surface area contributed by atoms with Crippen LogP contribution in [0.1, 0.15) is 17.6 Å². The minimum atomic E-state index is -2.54. The molecule has 1 heterocycles. The van der Waals surface area contributed by atoms with Crippen molar-refractivity contribution in [3.8, 4) is 6.07 Å². The zero-order valence-electron chi connectivity index (χ0n) is 6.77. The summed E-state index contributed by atoms with van der Waals surface area (Å²) in [7, 11) is 0. The van der Waals surface area contributed by atoms with E-state index >= 15 is 0 Å². The Balaban J connectivity index is 3.28. The maximum atomic E-state index is 12.6. The van der Waals surface area contributed by atoms with Gasteiger partial charge in [0.1, 0.15) is 3.70 Å². The fourth-order valence-electron chi connectivity index (χ4n) is 0.919.